The summed E-state index contributed by atoms with van der Waals surface area (Å²) in [7, 11) is 3.75. The molecule has 0 unspecified atom stereocenters. The monoisotopic (exact) mass is 331 g/mol. The van der Waals surface area contributed by atoms with Crippen LogP contribution in [0, 0.1) is 0 Å². The van der Waals surface area contributed by atoms with Crippen molar-refractivity contribution in [1.82, 2.24) is 4.90 Å². The Hall–Kier alpha value is -1.60. The van der Waals surface area contributed by atoms with Crippen LogP contribution in [0.1, 0.15) is 17.5 Å². The smallest absolute Gasteiger partial charge is 0.231 e. The number of ether oxygens (including phenoxy) is 4. The van der Waals surface area contributed by atoms with E-state index in [0.717, 1.165) is 29.0 Å². The van der Waals surface area contributed by atoms with Crippen LogP contribution in [0.25, 0.3) is 0 Å². The Morgan fingerprint density at radius 2 is 2.08 bits per heavy atom. The van der Waals surface area contributed by atoms with Gasteiger partial charge in [0.2, 0.25) is 6.79 Å². The molecule has 4 atom stereocenters. The number of likely N-dealkylation sites (N-methyl/N-ethyl adjacent to an activating group) is 1. The van der Waals surface area contributed by atoms with Gasteiger partial charge in [0.1, 0.15) is 0 Å². The lowest BCUT2D eigenvalue weighted by atomic mass is 9.64. The van der Waals surface area contributed by atoms with Gasteiger partial charge in [-0.25, -0.2) is 0 Å². The number of benzene rings is 1. The van der Waals surface area contributed by atoms with E-state index in [4.69, 9.17) is 18.9 Å². The van der Waals surface area contributed by atoms with Crippen molar-refractivity contribution in [3.05, 3.63) is 35.4 Å². The number of aliphatic hydroxyl groups is 1. The minimum Gasteiger partial charge on any atom is -0.454 e. The summed E-state index contributed by atoms with van der Waals surface area (Å²) in [6.07, 6.45) is 4.98. The molecule has 1 spiro atoms. The standard InChI is InChI=1S/C18H21NO5/c1-19-9-18(20)17(4-3-12(21-2)6-16(17)19)13-7-15-14(22-10-23-15)5-11(13)8-24-18/h3-5,7,12,16,20H,6,8-10H2,1-2H3/t12-,16+,17-,18-/m1/s1. The number of hydrogen-bond donors (Lipinski definition) is 1. The molecule has 6 heteroatoms. The molecule has 1 fully saturated rings. The van der Waals surface area contributed by atoms with Gasteiger partial charge in [-0.1, -0.05) is 12.2 Å². The number of nitrogens with zero attached hydrogens (tertiary/aromatic N) is 1. The third-order valence-corrected chi connectivity index (χ3v) is 6.01. The highest BCUT2D eigenvalue weighted by atomic mass is 16.7. The van der Waals surface area contributed by atoms with Gasteiger partial charge < -0.3 is 24.1 Å². The molecule has 4 aliphatic rings. The second-order valence-corrected chi connectivity index (χ2v) is 7.10. The molecule has 128 valence electrons. The Bertz CT molecular complexity index is 734. The van der Waals surface area contributed by atoms with Crippen molar-refractivity contribution in [3.63, 3.8) is 0 Å². The lowest BCUT2D eigenvalue weighted by Gasteiger charge is -2.49. The zero-order valence-corrected chi connectivity index (χ0v) is 13.8. The van der Waals surface area contributed by atoms with Crippen molar-refractivity contribution in [2.24, 2.45) is 0 Å². The van der Waals surface area contributed by atoms with Gasteiger partial charge in [0.15, 0.2) is 17.3 Å². The second kappa shape index (κ2) is 4.73. The average molecular weight is 331 g/mol. The first kappa shape index (κ1) is 14.7. The average Bonchev–Trinajstić information content (AvgIpc) is 3.13. The molecule has 1 aromatic carbocycles. The number of β-amino-alcohol motifs (C(OH)–C–C–N with tert-alkyl or cyclic N) is 1. The molecule has 1 aliphatic carbocycles. The number of hydrogen-bond acceptors (Lipinski definition) is 6. The van der Waals surface area contributed by atoms with E-state index in [0.29, 0.717) is 13.2 Å². The predicted octanol–water partition coefficient (Wildman–Crippen LogP) is 1.16. The maximum atomic E-state index is 11.4. The predicted molar refractivity (Wildman–Crippen MR) is 85.0 cm³/mol. The Morgan fingerprint density at radius 3 is 2.88 bits per heavy atom. The summed E-state index contributed by atoms with van der Waals surface area (Å²) in [6.45, 7) is 1.07. The van der Waals surface area contributed by atoms with Crippen LogP contribution < -0.4 is 9.47 Å². The summed E-state index contributed by atoms with van der Waals surface area (Å²) in [6, 6.07) is 4.10. The lowest BCUT2D eigenvalue weighted by molar-refractivity contribution is -0.236. The minimum absolute atomic E-state index is 0.0461. The van der Waals surface area contributed by atoms with E-state index in [1.165, 1.54) is 0 Å². The quantitative estimate of drug-likeness (QED) is 0.780. The normalized spacial score (nSPS) is 39.5. The van der Waals surface area contributed by atoms with Gasteiger partial charge in [0, 0.05) is 13.2 Å². The maximum absolute atomic E-state index is 11.4. The van der Waals surface area contributed by atoms with Gasteiger partial charge in [-0.3, -0.25) is 4.90 Å². The van der Waals surface area contributed by atoms with Crippen molar-refractivity contribution < 1.29 is 24.1 Å². The van der Waals surface area contributed by atoms with E-state index >= 15 is 0 Å². The zero-order valence-electron chi connectivity index (χ0n) is 13.8. The summed E-state index contributed by atoms with van der Waals surface area (Å²) >= 11 is 0. The van der Waals surface area contributed by atoms with Crippen LogP contribution >= 0.6 is 0 Å². The molecule has 1 N–H and O–H groups in total. The van der Waals surface area contributed by atoms with Gasteiger partial charge in [-0.05, 0) is 36.7 Å². The molecule has 3 aliphatic heterocycles. The fraction of sp³-hybridized carbons (Fsp3) is 0.556. The Balaban J connectivity index is 1.74. The first-order chi connectivity index (χ1) is 11.6. The van der Waals surface area contributed by atoms with E-state index in [-0.39, 0.29) is 18.9 Å². The maximum Gasteiger partial charge on any atom is 0.231 e. The second-order valence-electron chi connectivity index (χ2n) is 7.10. The Morgan fingerprint density at radius 1 is 1.29 bits per heavy atom. The first-order valence-electron chi connectivity index (χ1n) is 8.29. The molecule has 0 radical (unpaired) electrons. The topological polar surface area (TPSA) is 60.4 Å². The molecule has 3 heterocycles. The van der Waals surface area contributed by atoms with E-state index < -0.39 is 11.2 Å². The fourth-order valence-electron chi connectivity index (χ4n) is 4.86. The summed E-state index contributed by atoms with van der Waals surface area (Å²) in [5.74, 6) is 0.238. The van der Waals surface area contributed by atoms with Crippen molar-refractivity contribution in [3.8, 4) is 11.5 Å². The van der Waals surface area contributed by atoms with Gasteiger partial charge in [-0.2, -0.15) is 0 Å². The van der Waals surface area contributed by atoms with Crippen LogP contribution in [0.2, 0.25) is 0 Å². The summed E-state index contributed by atoms with van der Waals surface area (Å²) < 4.78 is 22.6. The lowest BCUT2D eigenvalue weighted by Crippen LogP contribution is -2.59. The Labute approximate surface area is 140 Å². The van der Waals surface area contributed by atoms with Crippen LogP contribution in [-0.2, 0) is 21.5 Å². The van der Waals surface area contributed by atoms with E-state index in [1.54, 1.807) is 7.11 Å². The third-order valence-electron chi connectivity index (χ3n) is 6.01. The van der Waals surface area contributed by atoms with Gasteiger partial charge in [0.05, 0.1) is 24.7 Å². The largest absolute Gasteiger partial charge is 0.454 e. The van der Waals surface area contributed by atoms with Crippen LogP contribution in [0.15, 0.2) is 24.3 Å². The number of likely N-dealkylation sites (tertiary alicyclic amines) is 1. The molecule has 0 saturated carbocycles. The van der Waals surface area contributed by atoms with Crippen molar-refractivity contribution >= 4 is 0 Å². The number of fused-ring (bicyclic) bond motifs is 2. The van der Waals surface area contributed by atoms with E-state index in [2.05, 4.69) is 11.0 Å². The van der Waals surface area contributed by atoms with Crippen molar-refractivity contribution in [1.29, 1.82) is 0 Å². The van der Waals surface area contributed by atoms with Crippen molar-refractivity contribution in [2.45, 2.75) is 36.4 Å². The van der Waals surface area contributed by atoms with Gasteiger partial charge >= 0.3 is 0 Å². The highest BCUT2D eigenvalue weighted by molar-refractivity contribution is 5.56. The van der Waals surface area contributed by atoms with Gasteiger partial charge in [-0.15, -0.1) is 0 Å². The molecule has 1 saturated heterocycles. The summed E-state index contributed by atoms with van der Waals surface area (Å²) in [5, 5.41) is 11.4. The molecule has 5 rings (SSSR count). The summed E-state index contributed by atoms with van der Waals surface area (Å²) in [5.41, 5.74) is 1.50. The molecule has 0 amide bonds. The first-order valence-corrected chi connectivity index (χ1v) is 8.29. The molecular formula is C18H21NO5. The third kappa shape index (κ3) is 1.64. The van der Waals surface area contributed by atoms with Crippen LogP contribution in [0.4, 0.5) is 0 Å². The molecular weight excluding hydrogens is 310 g/mol. The van der Waals surface area contributed by atoms with Crippen LogP contribution in [-0.4, -0.2) is 55.4 Å². The van der Waals surface area contributed by atoms with Crippen LogP contribution in [0.5, 0.6) is 11.5 Å². The molecule has 6 nitrogen and oxygen atoms in total. The highest BCUT2D eigenvalue weighted by Crippen LogP contribution is 2.56. The Kier molecular flexibility index (Phi) is 2.90. The van der Waals surface area contributed by atoms with E-state index in [9.17, 15) is 5.11 Å². The number of methoxy groups -OCH3 is 1. The number of rotatable bonds is 1. The SMILES string of the molecule is CO[C@@H]1C=C[C@]23c4cc5c(cc4CO[C@]2(O)CN(C)[C@H]3C1)OCO5. The highest BCUT2D eigenvalue weighted by Gasteiger charge is 2.66. The zero-order chi connectivity index (χ0) is 16.5. The van der Waals surface area contributed by atoms with Crippen molar-refractivity contribution in [2.75, 3.05) is 27.5 Å². The van der Waals surface area contributed by atoms with Crippen LogP contribution in [0.3, 0.4) is 0 Å². The molecule has 0 bridgehead atoms. The summed E-state index contributed by atoms with van der Waals surface area (Å²) in [4.78, 5) is 2.18. The van der Waals surface area contributed by atoms with Gasteiger partial charge in [0.25, 0.3) is 0 Å². The minimum atomic E-state index is -1.25. The molecule has 0 aromatic heterocycles. The molecule has 24 heavy (non-hydrogen) atoms. The van der Waals surface area contributed by atoms with E-state index in [1.807, 2.05) is 25.3 Å². The fourth-order valence-corrected chi connectivity index (χ4v) is 4.86. The molecule has 1 aromatic rings.